The molecule has 0 bridgehead atoms. The molecule has 0 rings (SSSR count). The first-order valence-electron chi connectivity index (χ1n) is 5.96. The van der Waals surface area contributed by atoms with Crippen molar-refractivity contribution in [1.29, 1.82) is 0 Å². The summed E-state index contributed by atoms with van der Waals surface area (Å²) in [7, 11) is 2.01. The monoisotopic (exact) mass is 213 g/mol. The predicted octanol–water partition coefficient (Wildman–Crippen LogP) is 2.99. The Kier molecular flexibility index (Phi) is 7.71. The maximum Gasteiger partial charge on any atom is 0.0750 e. The number of nitrogens with one attached hydrogen (secondary N) is 1. The van der Waals surface area contributed by atoms with Crippen molar-refractivity contribution in [3.63, 3.8) is 0 Å². The second-order valence-corrected chi connectivity index (χ2v) is 4.55. The Hall–Kier alpha value is -0.340. The van der Waals surface area contributed by atoms with Crippen molar-refractivity contribution in [2.24, 2.45) is 5.92 Å². The fraction of sp³-hybridized carbons (Fsp3) is 0.846. The van der Waals surface area contributed by atoms with E-state index in [0.29, 0.717) is 18.1 Å². The highest BCUT2D eigenvalue weighted by Gasteiger charge is 2.23. The molecule has 0 radical (unpaired) electrons. The number of hydrogen-bond acceptors (Lipinski definition) is 2. The summed E-state index contributed by atoms with van der Waals surface area (Å²) in [6.07, 6.45) is 2.48. The highest BCUT2D eigenvalue weighted by molar-refractivity contribution is 4.91. The number of hydrogen-bond donors (Lipinski definition) is 1. The fourth-order valence-corrected chi connectivity index (χ4v) is 1.84. The molecule has 90 valence electrons. The zero-order valence-electron chi connectivity index (χ0n) is 11.0. The molecule has 0 spiro atoms. The summed E-state index contributed by atoms with van der Waals surface area (Å²) in [6.45, 7) is 13.3. The van der Waals surface area contributed by atoms with Crippen LogP contribution in [0.1, 0.15) is 40.5 Å². The summed E-state index contributed by atoms with van der Waals surface area (Å²) >= 11 is 0. The van der Waals surface area contributed by atoms with Gasteiger partial charge in [-0.2, -0.15) is 0 Å². The molecule has 0 amide bonds. The van der Waals surface area contributed by atoms with Gasteiger partial charge < -0.3 is 10.1 Å². The Morgan fingerprint density at radius 1 is 1.40 bits per heavy atom. The molecule has 15 heavy (non-hydrogen) atoms. The van der Waals surface area contributed by atoms with Gasteiger partial charge in [-0.25, -0.2) is 0 Å². The normalized spacial score (nSPS) is 15.3. The van der Waals surface area contributed by atoms with Crippen LogP contribution in [0.25, 0.3) is 0 Å². The molecule has 0 fully saturated rings. The molecule has 0 saturated carbocycles. The third kappa shape index (κ3) is 5.95. The van der Waals surface area contributed by atoms with E-state index in [0.717, 1.165) is 19.4 Å². The fourth-order valence-electron chi connectivity index (χ4n) is 1.84. The molecular formula is C13H27NO. The smallest absolute Gasteiger partial charge is 0.0750 e. The molecule has 2 heteroatoms. The standard InChI is InChI=1S/C13H27NO/c1-7-15-13(11(4)5)12(14-6)9-8-10(2)3/h11-14H,2,7-9H2,1,3-6H3. The van der Waals surface area contributed by atoms with Gasteiger partial charge in [-0.1, -0.05) is 19.4 Å². The molecule has 0 saturated heterocycles. The lowest BCUT2D eigenvalue weighted by molar-refractivity contribution is 0.00338. The van der Waals surface area contributed by atoms with Crippen LogP contribution in [-0.4, -0.2) is 25.8 Å². The van der Waals surface area contributed by atoms with E-state index in [2.05, 4.69) is 39.6 Å². The first kappa shape index (κ1) is 14.7. The average molecular weight is 213 g/mol. The molecule has 1 N–H and O–H groups in total. The molecule has 0 aliphatic heterocycles. The summed E-state index contributed by atoms with van der Waals surface area (Å²) in [5.74, 6) is 0.549. The first-order chi connectivity index (χ1) is 7.02. The minimum atomic E-state index is 0.305. The number of likely N-dealkylation sites (N-methyl/N-ethyl adjacent to an activating group) is 1. The first-order valence-corrected chi connectivity index (χ1v) is 5.96. The minimum Gasteiger partial charge on any atom is -0.377 e. The molecule has 2 unspecified atom stereocenters. The van der Waals surface area contributed by atoms with Crippen molar-refractivity contribution in [3.05, 3.63) is 12.2 Å². The summed E-state index contributed by atoms with van der Waals surface area (Å²) in [4.78, 5) is 0. The van der Waals surface area contributed by atoms with Gasteiger partial charge in [0.25, 0.3) is 0 Å². The number of rotatable bonds is 8. The van der Waals surface area contributed by atoms with Crippen LogP contribution in [0.5, 0.6) is 0 Å². The van der Waals surface area contributed by atoms with Crippen molar-refractivity contribution in [1.82, 2.24) is 5.32 Å². The van der Waals surface area contributed by atoms with Crippen LogP contribution in [0.15, 0.2) is 12.2 Å². The molecule has 0 aromatic heterocycles. The largest absolute Gasteiger partial charge is 0.377 e. The van der Waals surface area contributed by atoms with Gasteiger partial charge in [0.1, 0.15) is 0 Å². The highest BCUT2D eigenvalue weighted by atomic mass is 16.5. The van der Waals surface area contributed by atoms with Crippen LogP contribution in [0.4, 0.5) is 0 Å². The van der Waals surface area contributed by atoms with E-state index >= 15 is 0 Å². The quantitative estimate of drug-likeness (QED) is 0.626. The lowest BCUT2D eigenvalue weighted by atomic mass is 9.94. The SMILES string of the molecule is C=C(C)CCC(NC)C(OCC)C(C)C. The molecule has 0 aliphatic carbocycles. The van der Waals surface area contributed by atoms with Crippen molar-refractivity contribution >= 4 is 0 Å². The van der Waals surface area contributed by atoms with Crippen molar-refractivity contribution in [3.8, 4) is 0 Å². The van der Waals surface area contributed by atoms with Gasteiger partial charge in [0.15, 0.2) is 0 Å². The Balaban J connectivity index is 4.24. The van der Waals surface area contributed by atoms with Gasteiger partial charge in [-0.05, 0) is 39.7 Å². The van der Waals surface area contributed by atoms with E-state index in [4.69, 9.17) is 4.74 Å². The molecular weight excluding hydrogens is 186 g/mol. The maximum atomic E-state index is 5.80. The second-order valence-electron chi connectivity index (χ2n) is 4.55. The molecule has 0 heterocycles. The zero-order valence-corrected chi connectivity index (χ0v) is 11.0. The van der Waals surface area contributed by atoms with Crippen LogP contribution in [0.2, 0.25) is 0 Å². The van der Waals surface area contributed by atoms with E-state index in [1.807, 2.05) is 7.05 Å². The maximum absolute atomic E-state index is 5.80. The van der Waals surface area contributed by atoms with Gasteiger partial charge in [0.2, 0.25) is 0 Å². The van der Waals surface area contributed by atoms with Gasteiger partial charge >= 0.3 is 0 Å². The van der Waals surface area contributed by atoms with E-state index < -0.39 is 0 Å². The lowest BCUT2D eigenvalue weighted by Gasteiger charge is -2.30. The van der Waals surface area contributed by atoms with Gasteiger partial charge in [0.05, 0.1) is 6.10 Å². The summed E-state index contributed by atoms with van der Waals surface area (Å²) in [5.41, 5.74) is 1.24. The molecule has 0 aromatic carbocycles. The third-order valence-corrected chi connectivity index (χ3v) is 2.67. The van der Waals surface area contributed by atoms with Gasteiger partial charge in [0, 0.05) is 12.6 Å². The third-order valence-electron chi connectivity index (χ3n) is 2.67. The molecule has 0 aliphatic rings. The van der Waals surface area contributed by atoms with Crippen molar-refractivity contribution < 1.29 is 4.74 Å². The topological polar surface area (TPSA) is 21.3 Å². The van der Waals surface area contributed by atoms with Crippen LogP contribution >= 0.6 is 0 Å². The summed E-state index contributed by atoms with van der Waals surface area (Å²) < 4.78 is 5.80. The number of allylic oxidation sites excluding steroid dienone is 1. The van der Waals surface area contributed by atoms with Crippen LogP contribution in [0.3, 0.4) is 0 Å². The Labute approximate surface area is 95.1 Å². The minimum absolute atomic E-state index is 0.305. The average Bonchev–Trinajstić information content (AvgIpc) is 2.16. The highest BCUT2D eigenvalue weighted by Crippen LogP contribution is 2.16. The molecule has 0 aromatic rings. The second kappa shape index (κ2) is 7.89. The molecule has 2 nitrogen and oxygen atoms in total. The Bertz CT molecular complexity index is 177. The van der Waals surface area contributed by atoms with Crippen molar-refractivity contribution in [2.75, 3.05) is 13.7 Å². The summed E-state index contributed by atoms with van der Waals surface area (Å²) in [6, 6.07) is 0.432. The Morgan fingerprint density at radius 3 is 2.33 bits per heavy atom. The van der Waals surface area contributed by atoms with Crippen LogP contribution in [0, 0.1) is 5.92 Å². The zero-order chi connectivity index (χ0) is 11.8. The van der Waals surface area contributed by atoms with E-state index in [-0.39, 0.29) is 0 Å². The number of ether oxygens (including phenoxy) is 1. The van der Waals surface area contributed by atoms with Crippen LogP contribution in [-0.2, 0) is 4.74 Å². The summed E-state index contributed by atoms with van der Waals surface area (Å²) in [5, 5.41) is 3.36. The van der Waals surface area contributed by atoms with Gasteiger partial charge in [-0.3, -0.25) is 0 Å². The van der Waals surface area contributed by atoms with E-state index in [1.54, 1.807) is 0 Å². The molecule has 2 atom stereocenters. The van der Waals surface area contributed by atoms with Crippen LogP contribution < -0.4 is 5.32 Å². The van der Waals surface area contributed by atoms with Gasteiger partial charge in [-0.15, -0.1) is 6.58 Å². The van der Waals surface area contributed by atoms with E-state index in [9.17, 15) is 0 Å². The van der Waals surface area contributed by atoms with E-state index in [1.165, 1.54) is 5.57 Å². The van der Waals surface area contributed by atoms with Crippen molar-refractivity contribution in [2.45, 2.75) is 52.7 Å². The Morgan fingerprint density at radius 2 is 2.00 bits per heavy atom. The predicted molar refractivity (Wildman–Crippen MR) is 67.1 cm³/mol. The lowest BCUT2D eigenvalue weighted by Crippen LogP contribution is -2.42.